The SMILES string of the molecule is CCOC(=O)c1cc(Nc2ccccc2)c(N(C)c2ccccc2)cc1C(=O)O. The topological polar surface area (TPSA) is 78.9 Å². The summed E-state index contributed by atoms with van der Waals surface area (Å²) in [5, 5.41) is 13.0. The van der Waals surface area contributed by atoms with Crippen LogP contribution in [0.25, 0.3) is 0 Å². The average molecular weight is 390 g/mol. The van der Waals surface area contributed by atoms with Crippen LogP contribution in [0.3, 0.4) is 0 Å². The van der Waals surface area contributed by atoms with Gasteiger partial charge in [-0.1, -0.05) is 36.4 Å². The van der Waals surface area contributed by atoms with Crippen LogP contribution in [-0.2, 0) is 4.74 Å². The van der Waals surface area contributed by atoms with Gasteiger partial charge in [0.1, 0.15) is 0 Å². The Hall–Kier alpha value is -3.80. The minimum Gasteiger partial charge on any atom is -0.478 e. The molecule has 3 aromatic rings. The summed E-state index contributed by atoms with van der Waals surface area (Å²) in [5.41, 5.74) is 2.79. The molecule has 0 atom stereocenters. The quantitative estimate of drug-likeness (QED) is 0.548. The molecular formula is C23H22N2O4. The van der Waals surface area contributed by atoms with Crippen LogP contribution in [0.1, 0.15) is 27.6 Å². The van der Waals surface area contributed by atoms with E-state index in [1.54, 1.807) is 6.92 Å². The standard InChI is InChI=1S/C23H22N2O4/c1-3-29-23(28)19-14-20(24-16-10-6-4-7-11-16)21(15-18(19)22(26)27)25(2)17-12-8-5-9-13-17/h4-15,24H,3H2,1-2H3,(H,26,27). The van der Waals surface area contributed by atoms with Gasteiger partial charge in [-0.3, -0.25) is 0 Å². The number of anilines is 4. The van der Waals surface area contributed by atoms with Crippen LogP contribution in [0.4, 0.5) is 22.7 Å². The highest BCUT2D eigenvalue weighted by Gasteiger charge is 2.23. The highest BCUT2D eigenvalue weighted by atomic mass is 16.5. The van der Waals surface area contributed by atoms with E-state index in [-0.39, 0.29) is 17.7 Å². The number of ether oxygens (including phenoxy) is 1. The second-order valence-electron chi connectivity index (χ2n) is 6.33. The number of hydrogen-bond donors (Lipinski definition) is 2. The lowest BCUT2D eigenvalue weighted by molar-refractivity contribution is 0.0514. The number of carbonyl (C=O) groups is 2. The maximum absolute atomic E-state index is 12.4. The molecule has 6 nitrogen and oxygen atoms in total. The van der Waals surface area contributed by atoms with Crippen LogP contribution in [0.2, 0.25) is 0 Å². The second kappa shape index (κ2) is 8.93. The first-order valence-electron chi connectivity index (χ1n) is 9.20. The number of nitrogens with one attached hydrogen (secondary N) is 1. The summed E-state index contributed by atoms with van der Waals surface area (Å²) in [6.45, 7) is 1.84. The molecule has 2 N–H and O–H groups in total. The van der Waals surface area contributed by atoms with E-state index in [9.17, 15) is 14.7 Å². The van der Waals surface area contributed by atoms with Gasteiger partial charge < -0.3 is 20.1 Å². The summed E-state index contributed by atoms with van der Waals surface area (Å²) in [5.74, 6) is -1.86. The number of hydrogen-bond acceptors (Lipinski definition) is 5. The molecule has 0 spiro atoms. The fourth-order valence-corrected chi connectivity index (χ4v) is 2.99. The average Bonchev–Trinajstić information content (AvgIpc) is 2.74. The molecule has 3 rings (SSSR count). The molecular weight excluding hydrogens is 368 g/mol. The zero-order chi connectivity index (χ0) is 20.8. The predicted molar refractivity (Wildman–Crippen MR) is 114 cm³/mol. The zero-order valence-corrected chi connectivity index (χ0v) is 16.3. The van der Waals surface area contributed by atoms with Crippen LogP contribution >= 0.6 is 0 Å². The third-order valence-corrected chi connectivity index (χ3v) is 4.42. The normalized spacial score (nSPS) is 10.3. The molecule has 29 heavy (non-hydrogen) atoms. The molecule has 6 heteroatoms. The molecule has 0 aromatic heterocycles. The number of para-hydroxylation sites is 2. The van der Waals surface area contributed by atoms with Gasteiger partial charge >= 0.3 is 11.9 Å². The molecule has 0 saturated carbocycles. The first-order chi connectivity index (χ1) is 14.0. The Morgan fingerprint density at radius 3 is 2.17 bits per heavy atom. The fourth-order valence-electron chi connectivity index (χ4n) is 2.99. The van der Waals surface area contributed by atoms with Crippen LogP contribution in [0.5, 0.6) is 0 Å². The van der Waals surface area contributed by atoms with Gasteiger partial charge in [0.2, 0.25) is 0 Å². The Kier molecular flexibility index (Phi) is 6.14. The predicted octanol–water partition coefficient (Wildman–Crippen LogP) is 5.07. The third kappa shape index (κ3) is 4.55. The Bertz CT molecular complexity index is 1000. The van der Waals surface area contributed by atoms with Crippen molar-refractivity contribution in [2.24, 2.45) is 0 Å². The van der Waals surface area contributed by atoms with Gasteiger partial charge in [0, 0.05) is 18.4 Å². The largest absolute Gasteiger partial charge is 0.478 e. The van der Waals surface area contributed by atoms with E-state index in [2.05, 4.69) is 5.32 Å². The van der Waals surface area contributed by atoms with Crippen LogP contribution < -0.4 is 10.2 Å². The maximum Gasteiger partial charge on any atom is 0.339 e. The molecule has 0 aliphatic heterocycles. The molecule has 0 aliphatic rings. The molecule has 0 fully saturated rings. The van der Waals surface area contributed by atoms with Crippen molar-refractivity contribution in [3.63, 3.8) is 0 Å². The Labute approximate surface area is 169 Å². The van der Waals surface area contributed by atoms with Gasteiger partial charge in [0.15, 0.2) is 0 Å². The number of benzene rings is 3. The van der Waals surface area contributed by atoms with Crippen molar-refractivity contribution in [3.8, 4) is 0 Å². The van der Waals surface area contributed by atoms with Gasteiger partial charge in [-0.15, -0.1) is 0 Å². The minimum absolute atomic E-state index is 0.00277. The molecule has 0 heterocycles. The maximum atomic E-state index is 12.4. The smallest absolute Gasteiger partial charge is 0.339 e. The summed E-state index contributed by atoms with van der Waals surface area (Å²) in [6, 6.07) is 22.0. The Morgan fingerprint density at radius 2 is 1.59 bits per heavy atom. The molecule has 3 aromatic carbocycles. The monoisotopic (exact) mass is 390 g/mol. The van der Waals surface area contributed by atoms with Gasteiger partial charge in [0.25, 0.3) is 0 Å². The molecule has 0 aliphatic carbocycles. The van der Waals surface area contributed by atoms with E-state index in [1.165, 1.54) is 12.1 Å². The van der Waals surface area contributed by atoms with Gasteiger partial charge in [0.05, 0.1) is 29.1 Å². The summed E-state index contributed by atoms with van der Waals surface area (Å²) in [7, 11) is 1.84. The highest BCUT2D eigenvalue weighted by Crippen LogP contribution is 2.35. The molecule has 0 amide bonds. The van der Waals surface area contributed by atoms with Crippen molar-refractivity contribution in [3.05, 3.63) is 83.9 Å². The van der Waals surface area contributed by atoms with E-state index in [4.69, 9.17) is 4.74 Å². The van der Waals surface area contributed by atoms with Gasteiger partial charge in [-0.05, 0) is 43.3 Å². The van der Waals surface area contributed by atoms with E-state index in [0.717, 1.165) is 11.4 Å². The first-order valence-corrected chi connectivity index (χ1v) is 9.20. The summed E-state index contributed by atoms with van der Waals surface area (Å²) in [4.78, 5) is 26.1. The van der Waals surface area contributed by atoms with Crippen molar-refractivity contribution in [2.75, 3.05) is 23.9 Å². The van der Waals surface area contributed by atoms with Gasteiger partial charge in [-0.2, -0.15) is 0 Å². The van der Waals surface area contributed by atoms with E-state index < -0.39 is 11.9 Å². The number of carbonyl (C=O) groups excluding carboxylic acids is 1. The van der Waals surface area contributed by atoms with Gasteiger partial charge in [-0.25, -0.2) is 9.59 Å². The van der Waals surface area contributed by atoms with Crippen molar-refractivity contribution in [1.29, 1.82) is 0 Å². The molecule has 0 unspecified atom stereocenters. The van der Waals surface area contributed by atoms with Crippen LogP contribution in [0, 0.1) is 0 Å². The summed E-state index contributed by atoms with van der Waals surface area (Å²) < 4.78 is 5.07. The number of rotatable bonds is 7. The molecule has 0 bridgehead atoms. The number of carboxylic acids is 1. The zero-order valence-electron chi connectivity index (χ0n) is 16.3. The number of nitrogens with zero attached hydrogens (tertiary/aromatic N) is 1. The summed E-state index contributed by atoms with van der Waals surface area (Å²) in [6.07, 6.45) is 0. The van der Waals surface area contributed by atoms with Crippen LogP contribution in [0.15, 0.2) is 72.8 Å². The van der Waals surface area contributed by atoms with E-state index in [0.29, 0.717) is 11.4 Å². The summed E-state index contributed by atoms with van der Waals surface area (Å²) >= 11 is 0. The van der Waals surface area contributed by atoms with E-state index >= 15 is 0 Å². The molecule has 0 saturated heterocycles. The lowest BCUT2D eigenvalue weighted by Crippen LogP contribution is -2.17. The Balaban J connectivity index is 2.16. The molecule has 148 valence electrons. The van der Waals surface area contributed by atoms with Crippen LogP contribution in [-0.4, -0.2) is 30.7 Å². The fraction of sp³-hybridized carbons (Fsp3) is 0.130. The minimum atomic E-state index is -1.19. The third-order valence-electron chi connectivity index (χ3n) is 4.42. The lowest BCUT2D eigenvalue weighted by atomic mass is 10.0. The number of esters is 1. The lowest BCUT2D eigenvalue weighted by Gasteiger charge is -2.24. The highest BCUT2D eigenvalue weighted by molar-refractivity contribution is 6.05. The van der Waals surface area contributed by atoms with E-state index in [1.807, 2.05) is 72.6 Å². The molecule has 0 radical (unpaired) electrons. The number of aromatic carboxylic acids is 1. The first kappa shape index (κ1) is 19.9. The second-order valence-corrected chi connectivity index (χ2v) is 6.33. The van der Waals surface area contributed by atoms with Crippen molar-refractivity contribution >= 4 is 34.7 Å². The van der Waals surface area contributed by atoms with Crippen molar-refractivity contribution in [1.82, 2.24) is 0 Å². The van der Waals surface area contributed by atoms with Crippen molar-refractivity contribution in [2.45, 2.75) is 6.92 Å². The number of carboxylic acid groups (broad SMARTS) is 1. The Morgan fingerprint density at radius 1 is 0.966 bits per heavy atom. The van der Waals surface area contributed by atoms with Crippen molar-refractivity contribution < 1.29 is 19.4 Å².